The fourth-order valence-electron chi connectivity index (χ4n) is 3.64. The Morgan fingerprint density at radius 2 is 1.89 bits per heavy atom. The van der Waals surface area contributed by atoms with Gasteiger partial charge in [0.25, 0.3) is 0 Å². The summed E-state index contributed by atoms with van der Waals surface area (Å²) in [6.45, 7) is 0.312. The molecular formula is C20H21N3O3S. The largest absolute Gasteiger partial charge is 0.350 e. The molecule has 1 aromatic heterocycles. The van der Waals surface area contributed by atoms with Gasteiger partial charge in [-0.3, -0.25) is 4.79 Å². The Hall–Kier alpha value is -2.64. The summed E-state index contributed by atoms with van der Waals surface area (Å²) in [5.74, 6) is -0.0246. The van der Waals surface area contributed by atoms with Gasteiger partial charge in [0.1, 0.15) is 0 Å². The summed E-state index contributed by atoms with van der Waals surface area (Å²) in [6, 6.07) is 12.9. The molecule has 1 N–H and O–H groups in total. The normalized spacial score (nSPS) is 14.1. The van der Waals surface area contributed by atoms with Gasteiger partial charge >= 0.3 is 0 Å². The average molecular weight is 383 g/mol. The molecule has 0 saturated carbocycles. The summed E-state index contributed by atoms with van der Waals surface area (Å²) in [7, 11) is 0.0641. The second-order valence-corrected chi connectivity index (χ2v) is 8.62. The van der Waals surface area contributed by atoms with E-state index in [2.05, 4.69) is 4.72 Å². The lowest BCUT2D eigenvalue weighted by molar-refractivity contribution is -0.117. The van der Waals surface area contributed by atoms with Gasteiger partial charge in [-0.25, -0.2) is 13.1 Å². The molecule has 0 spiro atoms. The number of fused-ring (bicyclic) bond motifs is 2. The van der Waals surface area contributed by atoms with Crippen LogP contribution in [0.15, 0.2) is 53.6 Å². The lowest BCUT2D eigenvalue weighted by atomic mass is 10.1. The average Bonchev–Trinajstić information content (AvgIpc) is 3.12. The number of rotatable bonds is 5. The summed E-state index contributed by atoms with van der Waals surface area (Å²) in [6.07, 6.45) is 2.88. The molecule has 2 aromatic carbocycles. The highest BCUT2D eigenvalue weighted by Crippen LogP contribution is 2.29. The third kappa shape index (κ3) is 3.13. The number of sulfonamides is 1. The SMILES string of the molecule is CN1C(=O)Cc2cc(S(=O)(=O)NCCc3cn(C)c4ccccc34)ccc21. The molecule has 0 radical (unpaired) electrons. The fraction of sp³-hybridized carbons (Fsp3) is 0.250. The number of nitrogens with zero attached hydrogens (tertiary/aromatic N) is 2. The highest BCUT2D eigenvalue weighted by Gasteiger charge is 2.26. The minimum Gasteiger partial charge on any atom is -0.350 e. The molecule has 0 bridgehead atoms. The van der Waals surface area contributed by atoms with Crippen LogP contribution >= 0.6 is 0 Å². The summed E-state index contributed by atoms with van der Waals surface area (Å²) in [5, 5.41) is 1.14. The van der Waals surface area contributed by atoms with Crippen LogP contribution in [0.3, 0.4) is 0 Å². The molecule has 3 aromatic rings. The van der Waals surface area contributed by atoms with E-state index in [1.165, 1.54) is 0 Å². The number of benzene rings is 2. The van der Waals surface area contributed by atoms with Crippen LogP contribution in [-0.4, -0.2) is 32.5 Å². The number of hydrogen-bond acceptors (Lipinski definition) is 3. The van der Waals surface area contributed by atoms with Crippen LogP contribution in [0.25, 0.3) is 10.9 Å². The standard InChI is InChI=1S/C20H21N3O3S/c1-22-13-14(17-5-3-4-6-19(17)22)9-10-21-27(25,26)16-7-8-18-15(11-16)12-20(24)23(18)2/h3-8,11,13,21H,9-10,12H2,1-2H3. The molecule has 0 fully saturated rings. The molecule has 7 heteroatoms. The number of hydrogen-bond donors (Lipinski definition) is 1. The third-order valence-corrected chi connectivity index (χ3v) is 6.56. The Labute approximate surface area is 158 Å². The topological polar surface area (TPSA) is 71.4 Å². The van der Waals surface area contributed by atoms with E-state index in [-0.39, 0.29) is 17.2 Å². The number of para-hydroxylation sites is 1. The molecule has 27 heavy (non-hydrogen) atoms. The van der Waals surface area contributed by atoms with E-state index >= 15 is 0 Å². The van der Waals surface area contributed by atoms with E-state index in [0.29, 0.717) is 13.0 Å². The highest BCUT2D eigenvalue weighted by atomic mass is 32.2. The molecule has 1 amide bonds. The molecule has 4 rings (SSSR count). The number of aryl methyl sites for hydroxylation is 1. The number of aromatic nitrogens is 1. The van der Waals surface area contributed by atoms with Gasteiger partial charge in [-0.15, -0.1) is 0 Å². The smallest absolute Gasteiger partial charge is 0.240 e. The number of nitrogens with one attached hydrogen (secondary N) is 1. The Bertz CT molecular complexity index is 1150. The molecule has 1 aliphatic rings. The predicted molar refractivity (Wildman–Crippen MR) is 105 cm³/mol. The molecular weight excluding hydrogens is 362 g/mol. The number of anilines is 1. The van der Waals surface area contributed by atoms with Crippen molar-refractivity contribution in [2.24, 2.45) is 7.05 Å². The Kier molecular flexibility index (Phi) is 4.28. The van der Waals surface area contributed by atoms with E-state index in [4.69, 9.17) is 0 Å². The second-order valence-electron chi connectivity index (χ2n) is 6.85. The lowest BCUT2D eigenvalue weighted by Gasteiger charge is -2.11. The van der Waals surface area contributed by atoms with Crippen molar-refractivity contribution in [3.63, 3.8) is 0 Å². The van der Waals surface area contributed by atoms with Crippen LogP contribution < -0.4 is 9.62 Å². The van der Waals surface area contributed by atoms with Crippen molar-refractivity contribution in [2.45, 2.75) is 17.7 Å². The number of carbonyl (C=O) groups excluding carboxylic acids is 1. The molecule has 0 unspecified atom stereocenters. The molecule has 2 heterocycles. The van der Waals surface area contributed by atoms with E-state index in [1.54, 1.807) is 30.1 Å². The van der Waals surface area contributed by atoms with Gasteiger partial charge in [-0.2, -0.15) is 0 Å². The first-order chi connectivity index (χ1) is 12.9. The monoisotopic (exact) mass is 383 g/mol. The summed E-state index contributed by atoms with van der Waals surface area (Å²) >= 11 is 0. The molecule has 0 atom stereocenters. The van der Waals surface area contributed by atoms with Gasteiger partial charge in [-0.1, -0.05) is 18.2 Å². The molecule has 140 valence electrons. The minimum absolute atomic E-state index is 0.0246. The number of amides is 1. The van der Waals surface area contributed by atoms with Crippen LogP contribution in [0.1, 0.15) is 11.1 Å². The Morgan fingerprint density at radius 3 is 2.70 bits per heavy atom. The first-order valence-corrected chi connectivity index (χ1v) is 10.3. The minimum atomic E-state index is -3.62. The number of likely N-dealkylation sites (N-methyl/N-ethyl adjacent to an activating group) is 1. The van der Waals surface area contributed by atoms with Gasteiger partial charge in [0.05, 0.1) is 11.3 Å². The van der Waals surface area contributed by atoms with Crippen molar-refractivity contribution in [2.75, 3.05) is 18.5 Å². The van der Waals surface area contributed by atoms with Crippen molar-refractivity contribution in [3.05, 3.63) is 59.8 Å². The van der Waals surface area contributed by atoms with Crippen molar-refractivity contribution in [1.82, 2.24) is 9.29 Å². The van der Waals surface area contributed by atoms with Crippen LogP contribution in [0.2, 0.25) is 0 Å². The predicted octanol–water partition coefficient (Wildman–Crippen LogP) is 2.22. The van der Waals surface area contributed by atoms with Crippen LogP contribution in [-0.2, 0) is 34.7 Å². The molecule has 6 nitrogen and oxygen atoms in total. The van der Waals surface area contributed by atoms with E-state index in [1.807, 2.05) is 42.1 Å². The Balaban J connectivity index is 1.50. The molecule has 1 aliphatic heterocycles. The summed E-state index contributed by atoms with van der Waals surface area (Å²) in [4.78, 5) is 13.5. The van der Waals surface area contributed by atoms with Gasteiger partial charge in [0.15, 0.2) is 0 Å². The van der Waals surface area contributed by atoms with Crippen LogP contribution in [0.4, 0.5) is 5.69 Å². The zero-order valence-corrected chi connectivity index (χ0v) is 16.1. The second kappa shape index (κ2) is 6.51. The van der Waals surface area contributed by atoms with Crippen molar-refractivity contribution < 1.29 is 13.2 Å². The molecule has 0 aliphatic carbocycles. The zero-order valence-electron chi connectivity index (χ0n) is 15.3. The maximum Gasteiger partial charge on any atom is 0.240 e. The van der Waals surface area contributed by atoms with Gasteiger partial charge in [0.2, 0.25) is 15.9 Å². The van der Waals surface area contributed by atoms with E-state index < -0.39 is 10.0 Å². The Morgan fingerprint density at radius 1 is 1.11 bits per heavy atom. The van der Waals surface area contributed by atoms with Crippen molar-refractivity contribution in [3.8, 4) is 0 Å². The summed E-state index contributed by atoms with van der Waals surface area (Å²) < 4.78 is 30.0. The molecule has 0 saturated heterocycles. The first-order valence-electron chi connectivity index (χ1n) is 8.79. The first kappa shape index (κ1) is 17.8. The fourth-order valence-corrected chi connectivity index (χ4v) is 4.72. The quantitative estimate of drug-likeness (QED) is 0.734. The highest BCUT2D eigenvalue weighted by molar-refractivity contribution is 7.89. The van der Waals surface area contributed by atoms with E-state index in [9.17, 15) is 13.2 Å². The maximum absolute atomic E-state index is 12.6. The zero-order chi connectivity index (χ0) is 19.2. The van der Waals surface area contributed by atoms with Crippen molar-refractivity contribution >= 4 is 32.5 Å². The summed E-state index contributed by atoms with van der Waals surface area (Å²) in [5.41, 5.74) is 3.76. The third-order valence-electron chi connectivity index (χ3n) is 5.10. The van der Waals surface area contributed by atoms with Gasteiger partial charge < -0.3 is 9.47 Å². The lowest BCUT2D eigenvalue weighted by Crippen LogP contribution is -2.26. The van der Waals surface area contributed by atoms with Crippen LogP contribution in [0.5, 0.6) is 0 Å². The van der Waals surface area contributed by atoms with Crippen molar-refractivity contribution in [1.29, 1.82) is 0 Å². The number of carbonyl (C=O) groups is 1. The van der Waals surface area contributed by atoms with Crippen LogP contribution in [0, 0.1) is 0 Å². The van der Waals surface area contributed by atoms with Gasteiger partial charge in [-0.05, 0) is 41.8 Å². The van der Waals surface area contributed by atoms with Gasteiger partial charge in [0, 0.05) is 43.4 Å². The maximum atomic E-state index is 12.6. The van der Waals surface area contributed by atoms with E-state index in [0.717, 1.165) is 27.7 Å².